The average Bonchev–Trinajstić information content (AvgIpc) is 3.18. The lowest BCUT2D eigenvalue weighted by molar-refractivity contribution is 0.0537. The van der Waals surface area contributed by atoms with Crippen molar-refractivity contribution in [2.24, 2.45) is 0 Å². The molecule has 0 radical (unpaired) electrons. The summed E-state index contributed by atoms with van der Waals surface area (Å²) in [5, 5.41) is 3.90. The molecular formula is C14H11N5O3. The lowest BCUT2D eigenvalue weighted by atomic mass is 10.00. The van der Waals surface area contributed by atoms with Crippen LogP contribution in [0, 0.1) is 0 Å². The Bertz CT molecular complexity index is 778. The summed E-state index contributed by atoms with van der Waals surface area (Å²) in [5.41, 5.74) is 0.556. The molecule has 1 fully saturated rings. The molecule has 0 spiro atoms. The maximum Gasteiger partial charge on any atom is 0.289 e. The van der Waals surface area contributed by atoms with E-state index in [1.54, 1.807) is 35.6 Å². The Morgan fingerprint density at radius 2 is 2.23 bits per heavy atom. The van der Waals surface area contributed by atoms with Gasteiger partial charge in [0.25, 0.3) is 5.91 Å². The van der Waals surface area contributed by atoms with E-state index in [1.165, 1.54) is 6.26 Å². The molecule has 4 rings (SSSR count). The third kappa shape index (κ3) is 2.14. The van der Waals surface area contributed by atoms with Crippen molar-refractivity contribution >= 4 is 5.91 Å². The number of carbonyl (C=O) groups is 1. The van der Waals surface area contributed by atoms with Crippen LogP contribution in [-0.2, 0) is 0 Å². The van der Waals surface area contributed by atoms with Gasteiger partial charge >= 0.3 is 0 Å². The molecule has 0 unspecified atom stereocenters. The lowest BCUT2D eigenvalue weighted by Gasteiger charge is -2.36. The van der Waals surface area contributed by atoms with Crippen molar-refractivity contribution < 1.29 is 13.7 Å². The topological polar surface area (TPSA) is 98.2 Å². The summed E-state index contributed by atoms with van der Waals surface area (Å²) in [6, 6.07) is 3.34. The quantitative estimate of drug-likeness (QED) is 0.719. The van der Waals surface area contributed by atoms with Crippen LogP contribution in [0.4, 0.5) is 0 Å². The molecule has 0 bridgehead atoms. The van der Waals surface area contributed by atoms with Gasteiger partial charge in [0, 0.05) is 25.5 Å². The van der Waals surface area contributed by atoms with Gasteiger partial charge < -0.3 is 13.8 Å². The zero-order valence-corrected chi connectivity index (χ0v) is 11.4. The summed E-state index contributed by atoms with van der Waals surface area (Å²) in [4.78, 5) is 26.1. The molecule has 1 amide bonds. The van der Waals surface area contributed by atoms with E-state index >= 15 is 0 Å². The minimum absolute atomic E-state index is 0.0387. The van der Waals surface area contributed by atoms with E-state index in [0.29, 0.717) is 36.3 Å². The molecule has 3 aromatic heterocycles. The van der Waals surface area contributed by atoms with Gasteiger partial charge in [-0.05, 0) is 12.1 Å². The van der Waals surface area contributed by atoms with E-state index in [0.717, 1.165) is 0 Å². The Hall–Kier alpha value is -3.03. The number of furan rings is 1. The average molecular weight is 297 g/mol. The molecule has 8 nitrogen and oxygen atoms in total. The van der Waals surface area contributed by atoms with Crippen LogP contribution in [0.1, 0.15) is 22.4 Å². The fraction of sp³-hybridized carbons (Fsp3) is 0.214. The number of hydrogen-bond donors (Lipinski definition) is 0. The first-order valence-corrected chi connectivity index (χ1v) is 6.74. The van der Waals surface area contributed by atoms with Gasteiger partial charge in [-0.1, -0.05) is 5.16 Å². The zero-order chi connectivity index (χ0) is 14.9. The number of amides is 1. The van der Waals surface area contributed by atoms with Gasteiger partial charge in [-0.2, -0.15) is 4.98 Å². The Morgan fingerprint density at radius 3 is 2.95 bits per heavy atom. The molecule has 4 heterocycles. The van der Waals surface area contributed by atoms with Gasteiger partial charge in [-0.15, -0.1) is 0 Å². The Morgan fingerprint density at radius 1 is 1.32 bits per heavy atom. The van der Waals surface area contributed by atoms with Crippen molar-refractivity contribution in [1.82, 2.24) is 25.0 Å². The molecule has 0 atom stereocenters. The van der Waals surface area contributed by atoms with Crippen LogP contribution in [0.15, 0.2) is 45.9 Å². The van der Waals surface area contributed by atoms with Gasteiger partial charge in [-0.3, -0.25) is 9.78 Å². The molecule has 1 aliphatic heterocycles. The van der Waals surface area contributed by atoms with E-state index in [2.05, 4.69) is 20.1 Å². The number of rotatable bonds is 3. The third-order valence-electron chi connectivity index (χ3n) is 3.48. The van der Waals surface area contributed by atoms with Crippen LogP contribution in [0.25, 0.3) is 11.5 Å². The highest BCUT2D eigenvalue weighted by Crippen LogP contribution is 2.28. The number of likely N-dealkylation sites (tertiary alicyclic amines) is 1. The van der Waals surface area contributed by atoms with Crippen LogP contribution in [0.5, 0.6) is 0 Å². The fourth-order valence-corrected chi connectivity index (χ4v) is 2.28. The van der Waals surface area contributed by atoms with E-state index in [-0.39, 0.29) is 11.8 Å². The highest BCUT2D eigenvalue weighted by Gasteiger charge is 2.36. The van der Waals surface area contributed by atoms with Gasteiger partial charge in [-0.25, -0.2) is 4.98 Å². The summed E-state index contributed by atoms with van der Waals surface area (Å²) < 4.78 is 10.3. The van der Waals surface area contributed by atoms with E-state index < -0.39 is 0 Å². The van der Waals surface area contributed by atoms with Gasteiger partial charge in [0.1, 0.15) is 5.69 Å². The minimum atomic E-state index is -0.130. The SMILES string of the molecule is O=C(c1ccco1)N1CC(c2nc(-c3cnccn3)no2)C1. The predicted molar refractivity (Wildman–Crippen MR) is 72.7 cm³/mol. The zero-order valence-electron chi connectivity index (χ0n) is 11.4. The standard InChI is InChI=1S/C14H11N5O3/c20-14(11-2-1-5-21-11)19-7-9(8-19)13-17-12(18-22-13)10-6-15-3-4-16-10/h1-6,9H,7-8H2. The molecule has 0 N–H and O–H groups in total. The van der Waals surface area contributed by atoms with E-state index in [1.807, 2.05) is 0 Å². The molecule has 110 valence electrons. The fourth-order valence-electron chi connectivity index (χ4n) is 2.28. The second kappa shape index (κ2) is 5.06. The molecule has 0 aromatic carbocycles. The van der Waals surface area contributed by atoms with Gasteiger partial charge in [0.15, 0.2) is 5.76 Å². The smallest absolute Gasteiger partial charge is 0.289 e. The molecule has 0 aliphatic carbocycles. The van der Waals surface area contributed by atoms with Crippen molar-refractivity contribution in [3.63, 3.8) is 0 Å². The highest BCUT2D eigenvalue weighted by atomic mass is 16.5. The van der Waals surface area contributed by atoms with Crippen molar-refractivity contribution in [2.45, 2.75) is 5.92 Å². The van der Waals surface area contributed by atoms with Gasteiger partial charge in [0.2, 0.25) is 11.7 Å². The van der Waals surface area contributed by atoms with Crippen molar-refractivity contribution in [3.8, 4) is 11.5 Å². The molecule has 22 heavy (non-hydrogen) atoms. The molecule has 8 heteroatoms. The van der Waals surface area contributed by atoms with E-state index in [4.69, 9.17) is 8.94 Å². The first kappa shape index (κ1) is 12.7. The summed E-state index contributed by atoms with van der Waals surface area (Å²) >= 11 is 0. The number of nitrogens with zero attached hydrogens (tertiary/aromatic N) is 5. The monoisotopic (exact) mass is 297 g/mol. The summed E-state index contributed by atoms with van der Waals surface area (Å²) in [6.07, 6.45) is 6.20. The number of aromatic nitrogens is 4. The van der Waals surface area contributed by atoms with Gasteiger partial charge in [0.05, 0.1) is 18.4 Å². The van der Waals surface area contributed by atoms with Crippen LogP contribution >= 0.6 is 0 Å². The van der Waals surface area contributed by atoms with Crippen LogP contribution in [0.3, 0.4) is 0 Å². The second-order valence-corrected chi connectivity index (χ2v) is 4.93. The highest BCUT2D eigenvalue weighted by molar-refractivity contribution is 5.92. The maximum atomic E-state index is 12.0. The normalized spacial score (nSPS) is 14.8. The predicted octanol–water partition coefficient (Wildman–Crippen LogP) is 1.36. The third-order valence-corrected chi connectivity index (χ3v) is 3.48. The van der Waals surface area contributed by atoms with Crippen molar-refractivity contribution in [1.29, 1.82) is 0 Å². The molecule has 1 saturated heterocycles. The van der Waals surface area contributed by atoms with Crippen molar-refractivity contribution in [2.75, 3.05) is 13.1 Å². The minimum Gasteiger partial charge on any atom is -0.459 e. The Labute approximate surface area is 124 Å². The Balaban J connectivity index is 1.43. The summed E-state index contributed by atoms with van der Waals surface area (Å²) in [7, 11) is 0. The molecule has 0 saturated carbocycles. The molecule has 1 aliphatic rings. The summed E-state index contributed by atoms with van der Waals surface area (Å²) in [6.45, 7) is 1.06. The first-order chi connectivity index (χ1) is 10.8. The summed E-state index contributed by atoms with van der Waals surface area (Å²) in [5.74, 6) is 1.15. The number of carbonyl (C=O) groups excluding carboxylic acids is 1. The Kier molecular flexibility index (Phi) is 2.92. The van der Waals surface area contributed by atoms with Crippen LogP contribution in [0.2, 0.25) is 0 Å². The largest absolute Gasteiger partial charge is 0.459 e. The van der Waals surface area contributed by atoms with Crippen LogP contribution < -0.4 is 0 Å². The molecular weight excluding hydrogens is 286 g/mol. The number of hydrogen-bond acceptors (Lipinski definition) is 7. The van der Waals surface area contributed by atoms with Crippen molar-refractivity contribution in [3.05, 3.63) is 48.6 Å². The lowest BCUT2D eigenvalue weighted by Crippen LogP contribution is -2.48. The van der Waals surface area contributed by atoms with E-state index in [9.17, 15) is 4.79 Å². The first-order valence-electron chi connectivity index (χ1n) is 6.74. The maximum absolute atomic E-state index is 12.0. The van der Waals surface area contributed by atoms with Crippen LogP contribution in [-0.4, -0.2) is 44.0 Å². The second-order valence-electron chi connectivity index (χ2n) is 4.93. The molecule has 3 aromatic rings.